The third-order valence-corrected chi connectivity index (χ3v) is 14.4. The Morgan fingerprint density at radius 2 is 1.04 bits per heavy atom. The van der Waals surface area contributed by atoms with Crippen molar-refractivity contribution in [2.45, 2.75) is 13.1 Å². The van der Waals surface area contributed by atoms with E-state index in [0.717, 1.165) is 22.5 Å². The van der Waals surface area contributed by atoms with Crippen LogP contribution in [0.4, 0.5) is 17.1 Å². The third kappa shape index (κ3) is 4.70. The number of nitrogens with zero attached hydrogens (tertiary/aromatic N) is 1. The monoisotopic (exact) mass is 669 g/mol. The van der Waals surface area contributed by atoms with Crippen molar-refractivity contribution in [1.29, 1.82) is 0 Å². The fraction of sp³-hybridized carbons (Fsp3) is 0.0417. The van der Waals surface area contributed by atoms with Gasteiger partial charge in [0.05, 0.1) is 5.69 Å². The van der Waals surface area contributed by atoms with E-state index in [1.165, 1.54) is 71.0 Å². The molecule has 0 N–H and O–H groups in total. The van der Waals surface area contributed by atoms with Crippen LogP contribution in [0.5, 0.6) is 0 Å². The minimum atomic E-state index is -2.04. The average molecular weight is 670 g/mol. The van der Waals surface area contributed by atoms with Gasteiger partial charge < -0.3 is 9.32 Å². The Kier molecular flexibility index (Phi) is 6.67. The van der Waals surface area contributed by atoms with Gasteiger partial charge in [-0.25, -0.2) is 0 Å². The van der Waals surface area contributed by atoms with E-state index in [-0.39, 0.29) is 0 Å². The van der Waals surface area contributed by atoms with Gasteiger partial charge in [0.15, 0.2) is 0 Å². The molecule has 0 spiro atoms. The summed E-state index contributed by atoms with van der Waals surface area (Å²) in [5, 5.41) is 7.73. The van der Waals surface area contributed by atoms with Crippen molar-refractivity contribution in [1.82, 2.24) is 0 Å². The molecule has 10 rings (SSSR count). The number of rotatable bonds is 5. The molecule has 1 aromatic heterocycles. The number of anilines is 3. The van der Waals surface area contributed by atoms with E-state index in [4.69, 9.17) is 4.42 Å². The first-order valence-corrected chi connectivity index (χ1v) is 20.7. The molecular weight excluding hydrogens is 635 g/mol. The molecule has 2 heterocycles. The summed E-state index contributed by atoms with van der Waals surface area (Å²) in [4.78, 5) is 2.44. The molecular formula is C48H35NOSi. The van der Waals surface area contributed by atoms with Gasteiger partial charge in [0, 0.05) is 33.3 Å². The first kappa shape index (κ1) is 29.7. The largest absolute Gasteiger partial charge is 0.455 e. The van der Waals surface area contributed by atoms with Crippen molar-refractivity contribution in [3.63, 3.8) is 0 Å². The highest BCUT2D eigenvalue weighted by Gasteiger charge is 2.41. The van der Waals surface area contributed by atoms with Crippen molar-refractivity contribution < 1.29 is 4.42 Å². The molecule has 3 heteroatoms. The third-order valence-electron chi connectivity index (χ3n) is 10.9. The molecule has 1 aliphatic heterocycles. The van der Waals surface area contributed by atoms with Crippen LogP contribution in [0, 0.1) is 0 Å². The van der Waals surface area contributed by atoms with Crippen molar-refractivity contribution in [3.05, 3.63) is 176 Å². The topological polar surface area (TPSA) is 16.4 Å². The lowest BCUT2D eigenvalue weighted by atomic mass is 9.98. The van der Waals surface area contributed by atoms with E-state index in [9.17, 15) is 0 Å². The number of hydrogen-bond acceptors (Lipinski definition) is 2. The zero-order valence-corrected chi connectivity index (χ0v) is 29.6. The summed E-state index contributed by atoms with van der Waals surface area (Å²) in [5.74, 6) is 0. The zero-order chi connectivity index (χ0) is 34.1. The SMILES string of the molecule is C[Si]1(C)c2cccc(N(c3ccc(-c4ccccc4)cc3)c3ccc(-c4ccc5ccccc5c4)cc3)c2-c2c1ccc1c2oc2ccccc21. The summed E-state index contributed by atoms with van der Waals surface area (Å²) in [6, 6.07) is 64.0. The normalized spacial score (nSPS) is 13.1. The lowest BCUT2D eigenvalue weighted by molar-refractivity contribution is 0.670. The molecule has 0 unspecified atom stereocenters. The van der Waals surface area contributed by atoms with Gasteiger partial charge in [-0.05, 0) is 85.9 Å². The van der Waals surface area contributed by atoms with E-state index in [0.29, 0.717) is 0 Å². The second kappa shape index (κ2) is 11.4. The van der Waals surface area contributed by atoms with E-state index in [1.54, 1.807) is 0 Å². The van der Waals surface area contributed by atoms with Crippen molar-refractivity contribution >= 4 is 68.2 Å². The molecule has 0 radical (unpaired) electrons. The Hall–Kier alpha value is -6.16. The summed E-state index contributed by atoms with van der Waals surface area (Å²) in [7, 11) is -2.04. The highest BCUT2D eigenvalue weighted by atomic mass is 28.3. The van der Waals surface area contributed by atoms with Crippen molar-refractivity contribution in [3.8, 4) is 33.4 Å². The van der Waals surface area contributed by atoms with Crippen LogP contribution in [0.15, 0.2) is 180 Å². The maximum absolute atomic E-state index is 6.76. The lowest BCUT2D eigenvalue weighted by Gasteiger charge is -2.29. The van der Waals surface area contributed by atoms with Crippen LogP contribution in [0.2, 0.25) is 13.1 Å². The van der Waals surface area contributed by atoms with Crippen LogP contribution in [-0.4, -0.2) is 8.07 Å². The Balaban J connectivity index is 1.18. The van der Waals surface area contributed by atoms with E-state index in [1.807, 2.05) is 0 Å². The second-order valence-corrected chi connectivity index (χ2v) is 18.5. The Labute approximate surface area is 298 Å². The van der Waals surface area contributed by atoms with E-state index >= 15 is 0 Å². The van der Waals surface area contributed by atoms with Crippen molar-refractivity contribution in [2.75, 3.05) is 4.90 Å². The van der Waals surface area contributed by atoms with Crippen LogP contribution in [0.1, 0.15) is 0 Å². The van der Waals surface area contributed by atoms with Crippen LogP contribution in [-0.2, 0) is 0 Å². The van der Waals surface area contributed by atoms with Gasteiger partial charge in [0.2, 0.25) is 0 Å². The first-order valence-electron chi connectivity index (χ1n) is 17.7. The molecule has 2 nitrogen and oxygen atoms in total. The molecule has 0 bridgehead atoms. The summed E-state index contributed by atoms with van der Waals surface area (Å²) >= 11 is 0. The molecule has 1 aliphatic rings. The van der Waals surface area contributed by atoms with Gasteiger partial charge in [0.25, 0.3) is 0 Å². The highest BCUT2D eigenvalue weighted by molar-refractivity contribution is 7.04. The lowest BCUT2D eigenvalue weighted by Crippen LogP contribution is -2.49. The van der Waals surface area contributed by atoms with Gasteiger partial charge in [-0.2, -0.15) is 0 Å². The summed E-state index contributed by atoms with van der Waals surface area (Å²) in [6.45, 7) is 4.96. The molecule has 242 valence electrons. The summed E-state index contributed by atoms with van der Waals surface area (Å²) in [5.41, 5.74) is 12.7. The molecule has 0 fully saturated rings. The molecule has 51 heavy (non-hydrogen) atoms. The standard InChI is InChI=1S/C48H35NOSi/c1-51(2)44-18-10-16-42(46(44)47-45(51)30-29-41-40-15-8-9-17-43(40)50-48(41)47)49(38-25-21-34(22-26-38)32-11-4-3-5-12-32)39-27-23-35(24-28-39)37-20-19-33-13-6-7-14-36(33)31-37/h3-31H,1-2H3. The van der Waals surface area contributed by atoms with Crippen LogP contribution < -0.4 is 15.3 Å². The molecule has 0 saturated heterocycles. The van der Waals surface area contributed by atoms with Crippen LogP contribution in [0.25, 0.3) is 66.1 Å². The molecule has 9 aromatic rings. The molecule has 8 aromatic carbocycles. The first-order chi connectivity index (χ1) is 25.0. The zero-order valence-electron chi connectivity index (χ0n) is 28.6. The number of fused-ring (bicyclic) bond motifs is 8. The molecule has 0 atom stereocenters. The maximum Gasteiger partial charge on any atom is 0.143 e. The van der Waals surface area contributed by atoms with Crippen LogP contribution >= 0.6 is 0 Å². The summed E-state index contributed by atoms with van der Waals surface area (Å²) in [6.07, 6.45) is 0. The molecule has 0 amide bonds. The highest BCUT2D eigenvalue weighted by Crippen LogP contribution is 2.47. The van der Waals surface area contributed by atoms with Crippen LogP contribution in [0.3, 0.4) is 0 Å². The Bertz CT molecular complexity index is 2760. The quantitative estimate of drug-likeness (QED) is 0.170. The number of hydrogen-bond donors (Lipinski definition) is 0. The van der Waals surface area contributed by atoms with Gasteiger partial charge in [0.1, 0.15) is 19.2 Å². The predicted molar refractivity (Wildman–Crippen MR) is 219 cm³/mol. The number of benzene rings is 8. The fourth-order valence-corrected chi connectivity index (χ4v) is 11.3. The molecule has 0 aliphatic carbocycles. The van der Waals surface area contributed by atoms with Crippen molar-refractivity contribution in [2.24, 2.45) is 0 Å². The molecule has 0 saturated carbocycles. The minimum Gasteiger partial charge on any atom is -0.455 e. The Morgan fingerprint density at radius 3 is 1.80 bits per heavy atom. The maximum atomic E-state index is 6.76. The Morgan fingerprint density at radius 1 is 0.431 bits per heavy atom. The van der Waals surface area contributed by atoms with Gasteiger partial charge in [-0.3, -0.25) is 0 Å². The average Bonchev–Trinajstić information content (AvgIpc) is 3.68. The van der Waals surface area contributed by atoms with Gasteiger partial charge in [-0.1, -0.05) is 147 Å². The smallest absolute Gasteiger partial charge is 0.143 e. The summed E-state index contributed by atoms with van der Waals surface area (Å²) < 4.78 is 6.76. The fourth-order valence-electron chi connectivity index (χ4n) is 8.25. The van der Waals surface area contributed by atoms with E-state index in [2.05, 4.69) is 194 Å². The predicted octanol–water partition coefficient (Wildman–Crippen LogP) is 12.3. The van der Waals surface area contributed by atoms with E-state index < -0.39 is 8.07 Å². The number of furan rings is 1. The number of para-hydroxylation sites is 1. The van der Waals surface area contributed by atoms with Gasteiger partial charge >= 0.3 is 0 Å². The van der Waals surface area contributed by atoms with Gasteiger partial charge in [-0.15, -0.1) is 0 Å². The minimum absolute atomic E-state index is 0.934. The second-order valence-electron chi connectivity index (χ2n) is 14.1.